The SMILES string of the molecule is O=S(=O)(O)[Se-]=[Se].O=S(=O)(O)[Se-]=[Se].O=S(=O)(O)[Se-]=[Se].O=S(=O)(O)[Se-]=[Se].O=S(=O)(O)[Se-]=[Se].O=S(=O)(O)[Se-]=[Se].O=S(=O)(O)[Se-]=[Se].O=S(=O)(O)[Se-]=[Se].[Cu+2].[Ga+3].[In+3]. The second-order valence-electron chi connectivity index (χ2n) is 3.97. The van der Waals surface area contributed by atoms with Crippen LogP contribution >= 0.6 is 0 Å². The molecule has 0 aromatic heterocycles. The molecule has 0 saturated carbocycles. The van der Waals surface area contributed by atoms with Crippen LogP contribution in [0.5, 0.6) is 0 Å². The summed E-state index contributed by atoms with van der Waals surface area (Å²) in [5.41, 5.74) is 0. The van der Waals surface area contributed by atoms with Gasteiger partial charge in [-0.15, -0.1) is 0 Å². The minimum absolute atomic E-state index is 0. The molecule has 0 amide bonds. The van der Waals surface area contributed by atoms with Crippen LogP contribution in [0.1, 0.15) is 0 Å². The Kier molecular flexibility index (Phi) is 81.6. The van der Waals surface area contributed by atoms with E-state index in [1.54, 1.807) is 0 Å². The predicted octanol–water partition coefficient (Wildman–Crippen LogP) is -12.1. The second-order valence-corrected chi connectivity index (χ2v) is 75.6. The maximum absolute atomic E-state index is 9.55. The van der Waals surface area contributed by atoms with Gasteiger partial charge in [0.25, 0.3) is 0 Å². The summed E-state index contributed by atoms with van der Waals surface area (Å²) in [4.78, 5) is 0. The zero-order valence-electron chi connectivity index (χ0n) is 21.4. The van der Waals surface area contributed by atoms with Gasteiger partial charge < -0.3 is 0 Å². The molecule has 0 aliphatic carbocycles. The molecule has 0 heterocycles. The summed E-state index contributed by atoms with van der Waals surface area (Å²) < 4.78 is 215. The third-order valence-electron chi connectivity index (χ3n) is 0.688. The number of hydrogen-bond donors (Lipinski definition) is 8. The van der Waals surface area contributed by atoms with Crippen LogP contribution in [0.15, 0.2) is 0 Å². The fraction of sp³-hybridized carbons (Fsp3) is 0. The first kappa shape index (κ1) is 87.5. The summed E-state index contributed by atoms with van der Waals surface area (Å²) in [6, 6.07) is 0. The molecular weight excluding hydrogens is 2150 g/mol. The van der Waals surface area contributed by atoms with E-state index in [0.29, 0.717) is 0 Å². The van der Waals surface area contributed by atoms with Crippen LogP contribution in [0, 0.1) is 0 Å². The van der Waals surface area contributed by atoms with Gasteiger partial charge in [-0.1, -0.05) is 0 Å². The van der Waals surface area contributed by atoms with Gasteiger partial charge in [0.05, 0.1) is 0 Å². The molecule has 0 atom stereocenters. The van der Waals surface area contributed by atoms with Crippen LogP contribution in [0.4, 0.5) is 0 Å². The van der Waals surface area contributed by atoms with Gasteiger partial charge in [-0.3, -0.25) is 0 Å². The quantitative estimate of drug-likeness (QED) is 0.0826. The van der Waals surface area contributed by atoms with E-state index in [1.165, 1.54) is 0 Å². The van der Waals surface area contributed by atoms with E-state index in [2.05, 4.69) is 109 Å². The molecule has 0 spiro atoms. The smallest absolute Gasteiger partial charge is 2.00 e. The van der Waals surface area contributed by atoms with Crippen LogP contribution < -0.4 is 0 Å². The van der Waals surface area contributed by atoms with Crippen molar-refractivity contribution >= 4 is 315 Å². The second kappa shape index (κ2) is 47.6. The Hall–Kier alpha value is 9.62. The molecule has 1 radical (unpaired) electrons. The van der Waals surface area contributed by atoms with E-state index in [-0.39, 0.29) is 62.7 Å². The molecular formula is H8CuGaInO24S8Se16. The Morgan fingerprint density at radius 1 is 0.255 bits per heavy atom. The van der Waals surface area contributed by atoms with Crippen molar-refractivity contribution in [2.75, 3.05) is 0 Å². The molecule has 0 aliphatic rings. The minimum atomic E-state index is -3.66. The number of hydrogen-bond acceptors (Lipinski definition) is 16. The van der Waals surface area contributed by atoms with Crippen molar-refractivity contribution in [2.24, 2.45) is 0 Å². The summed E-state index contributed by atoms with van der Waals surface area (Å²) in [6.45, 7) is 0. The van der Waals surface area contributed by atoms with Gasteiger partial charge in [0.1, 0.15) is 0 Å². The summed E-state index contributed by atoms with van der Waals surface area (Å²) in [5, 5.41) is 0. The molecule has 0 fully saturated rings. The minimum Gasteiger partial charge on any atom is 2.00 e. The first-order chi connectivity index (χ1) is 20.5. The van der Waals surface area contributed by atoms with Crippen molar-refractivity contribution < 1.29 is 121 Å². The van der Waals surface area contributed by atoms with E-state index >= 15 is 0 Å². The molecule has 51 heavy (non-hydrogen) atoms. The molecule has 0 saturated heterocycles. The van der Waals surface area contributed by atoms with Gasteiger partial charge in [-0.05, 0) is 0 Å². The number of rotatable bonds is 8. The molecule has 0 aromatic rings. The van der Waals surface area contributed by atoms with Gasteiger partial charge in [0, 0.05) is 0 Å². The van der Waals surface area contributed by atoms with Crippen LogP contribution in [0.2, 0.25) is 0 Å². The average Bonchev–Trinajstić information content (AvgIpc) is 2.88. The van der Waals surface area contributed by atoms with Crippen LogP contribution in [0.3, 0.4) is 0 Å². The first-order valence-corrected chi connectivity index (χ1v) is 69.2. The average molecular weight is 2160 g/mol. The van der Waals surface area contributed by atoms with Gasteiger partial charge in [0.2, 0.25) is 0 Å². The third kappa shape index (κ3) is 175. The molecule has 0 aliphatic heterocycles. The largest absolute Gasteiger partial charge is 3.00 e. The summed E-state index contributed by atoms with van der Waals surface area (Å²) in [7, 11) is -29.2. The van der Waals surface area contributed by atoms with Gasteiger partial charge >= 0.3 is 436 Å². The molecule has 0 rings (SSSR count). The maximum atomic E-state index is 9.55. The van der Waals surface area contributed by atoms with E-state index < -0.39 is 160 Å². The maximum Gasteiger partial charge on any atom is 3.00 e. The van der Waals surface area contributed by atoms with E-state index in [1.807, 2.05) is 0 Å². The summed E-state index contributed by atoms with van der Waals surface area (Å²) in [6.07, 6.45) is 0. The fourth-order valence-corrected chi connectivity index (χ4v) is 0. The molecule has 313 valence electrons. The summed E-state index contributed by atoms with van der Waals surface area (Å²) >= 11 is 11.4. The molecule has 0 unspecified atom stereocenters. The van der Waals surface area contributed by atoms with Crippen LogP contribution in [0.25, 0.3) is 0 Å². The molecule has 24 nitrogen and oxygen atoms in total. The van der Waals surface area contributed by atoms with E-state index in [9.17, 15) is 67.3 Å². The van der Waals surface area contributed by atoms with Crippen molar-refractivity contribution in [1.82, 2.24) is 0 Å². The monoisotopic (exact) mass is 2170 g/mol. The van der Waals surface area contributed by atoms with Crippen molar-refractivity contribution in [3.8, 4) is 0 Å². The topological polar surface area (TPSA) is 435 Å². The van der Waals surface area contributed by atoms with Crippen LogP contribution in [-0.2, 0) is 85.4 Å². The van der Waals surface area contributed by atoms with Crippen molar-refractivity contribution in [3.63, 3.8) is 0 Å². The van der Waals surface area contributed by atoms with E-state index in [0.717, 1.165) is 0 Å². The van der Waals surface area contributed by atoms with Crippen LogP contribution in [-0.4, -0.2) is 350 Å². The Balaban J connectivity index is -0.0000000395. The van der Waals surface area contributed by atoms with Gasteiger partial charge in [-0.25, -0.2) is 0 Å². The Labute approximate surface area is 425 Å². The first-order valence-electron chi connectivity index (χ1n) is 6.79. The summed E-state index contributed by atoms with van der Waals surface area (Å²) in [5.74, 6) is 0. The molecule has 51 heteroatoms. The third-order valence-corrected chi connectivity index (χ3v) is 55.7. The molecule has 0 bridgehead atoms. The zero-order chi connectivity index (χ0) is 41.7. The fourth-order valence-electron chi connectivity index (χ4n) is 0. The Morgan fingerprint density at radius 3 is 0.275 bits per heavy atom. The van der Waals surface area contributed by atoms with Crippen molar-refractivity contribution in [3.05, 3.63) is 0 Å². The van der Waals surface area contributed by atoms with Crippen molar-refractivity contribution in [1.29, 1.82) is 0 Å². The van der Waals surface area contributed by atoms with Gasteiger partial charge in [0.15, 0.2) is 0 Å². The molecule has 0 aromatic carbocycles. The Bertz CT molecular complexity index is 1410. The molecule has 8 N–H and O–H groups in total. The normalized spacial score (nSPS) is 10.8. The van der Waals surface area contributed by atoms with Crippen molar-refractivity contribution in [2.45, 2.75) is 0 Å². The predicted molar refractivity (Wildman–Crippen MR) is 196 cm³/mol. The zero-order valence-corrected chi connectivity index (χ0v) is 62.0. The standard InChI is InChI=1S/Cu.Ga.In.8HO3SSe2/c;;;8*1-4(2,3)6-5/h;;;8*(H,1,2,3)/q+2;2*+3;8*-1. The Morgan fingerprint density at radius 2 is 0.275 bits per heavy atom. The van der Waals surface area contributed by atoms with E-state index in [4.69, 9.17) is 36.4 Å². The van der Waals surface area contributed by atoms with Gasteiger partial charge in [-0.2, -0.15) is 0 Å².